The van der Waals surface area contributed by atoms with Crippen molar-refractivity contribution in [3.05, 3.63) is 23.4 Å². The van der Waals surface area contributed by atoms with E-state index in [1.54, 1.807) is 0 Å². The number of nitrogens with one attached hydrogen (secondary N) is 1. The summed E-state index contributed by atoms with van der Waals surface area (Å²) in [5, 5.41) is 3.49. The van der Waals surface area contributed by atoms with Crippen molar-refractivity contribution in [3.63, 3.8) is 0 Å². The maximum absolute atomic E-state index is 5.73. The molecule has 1 aromatic heterocycles. The molecule has 1 aliphatic heterocycles. The van der Waals surface area contributed by atoms with Gasteiger partial charge in [-0.05, 0) is 38.0 Å². The summed E-state index contributed by atoms with van der Waals surface area (Å²) in [5.41, 5.74) is 2.48. The number of rotatable bonds is 5. The summed E-state index contributed by atoms with van der Waals surface area (Å²) < 4.78 is 5.73. The lowest BCUT2D eigenvalue weighted by Gasteiger charge is -2.38. The number of aromatic nitrogens is 1. The summed E-state index contributed by atoms with van der Waals surface area (Å²) in [6, 6.07) is 5.32. The topological polar surface area (TPSA) is 37.4 Å². The van der Waals surface area contributed by atoms with Crippen LogP contribution in [-0.4, -0.2) is 36.3 Å². The van der Waals surface area contributed by atoms with Crippen molar-refractivity contribution in [1.82, 2.24) is 10.3 Å². The molecule has 1 fully saturated rings. The van der Waals surface area contributed by atoms with Crippen molar-refractivity contribution in [2.45, 2.75) is 65.8 Å². The van der Waals surface area contributed by atoms with Crippen molar-refractivity contribution < 1.29 is 4.74 Å². The Labute approximate surface area is 128 Å². The minimum absolute atomic E-state index is 0.269. The summed E-state index contributed by atoms with van der Waals surface area (Å²) in [5.74, 6) is 1.09. The van der Waals surface area contributed by atoms with Crippen LogP contribution in [0.5, 0.6) is 0 Å². The molecular formula is C17H29N3O. The minimum atomic E-state index is 0.269. The highest BCUT2D eigenvalue weighted by atomic mass is 16.5. The first-order chi connectivity index (χ1) is 9.99. The Balaban J connectivity index is 2.22. The molecule has 2 atom stereocenters. The van der Waals surface area contributed by atoms with Crippen molar-refractivity contribution >= 4 is 5.82 Å². The van der Waals surface area contributed by atoms with Crippen LogP contribution in [0, 0.1) is 0 Å². The maximum Gasteiger partial charge on any atom is 0.129 e. The number of hydrogen-bond donors (Lipinski definition) is 1. The molecule has 2 unspecified atom stereocenters. The minimum Gasteiger partial charge on any atom is -0.375 e. The van der Waals surface area contributed by atoms with Gasteiger partial charge >= 0.3 is 0 Å². The lowest BCUT2D eigenvalue weighted by atomic mass is 10.1. The van der Waals surface area contributed by atoms with Crippen LogP contribution in [0.25, 0.3) is 0 Å². The van der Waals surface area contributed by atoms with E-state index in [0.29, 0.717) is 12.1 Å². The van der Waals surface area contributed by atoms with Gasteiger partial charge in [-0.2, -0.15) is 0 Å². The van der Waals surface area contributed by atoms with E-state index in [1.165, 1.54) is 11.3 Å². The Morgan fingerprint density at radius 2 is 2.14 bits per heavy atom. The molecule has 21 heavy (non-hydrogen) atoms. The summed E-state index contributed by atoms with van der Waals surface area (Å²) >= 11 is 0. The molecule has 0 amide bonds. The second kappa shape index (κ2) is 7.23. The highest BCUT2D eigenvalue weighted by Crippen LogP contribution is 2.22. The Hall–Kier alpha value is -1.13. The number of anilines is 1. The molecule has 4 nitrogen and oxygen atoms in total. The lowest BCUT2D eigenvalue weighted by molar-refractivity contribution is 0.0340. The predicted molar refractivity (Wildman–Crippen MR) is 87.8 cm³/mol. The summed E-state index contributed by atoms with van der Waals surface area (Å²) in [4.78, 5) is 7.21. The molecule has 118 valence electrons. The molecule has 1 aromatic rings. The molecule has 0 aliphatic carbocycles. The molecule has 0 spiro atoms. The second-order valence-corrected chi connectivity index (χ2v) is 6.36. The van der Waals surface area contributed by atoms with E-state index in [-0.39, 0.29) is 6.10 Å². The zero-order valence-electron chi connectivity index (χ0n) is 14.0. The summed E-state index contributed by atoms with van der Waals surface area (Å²) in [6.07, 6.45) is 1.24. The van der Waals surface area contributed by atoms with E-state index in [2.05, 4.69) is 57.0 Å². The average Bonchev–Trinajstić information content (AvgIpc) is 2.47. The third kappa shape index (κ3) is 4.42. The van der Waals surface area contributed by atoms with Crippen LogP contribution < -0.4 is 10.2 Å². The largest absolute Gasteiger partial charge is 0.375 e. The SMILES string of the molecule is CCc1cc(CNC(C)C)cc(N2CC(C)OCC2C)n1. The van der Waals surface area contributed by atoms with Gasteiger partial charge in [0.2, 0.25) is 0 Å². The average molecular weight is 291 g/mol. The molecule has 1 saturated heterocycles. The highest BCUT2D eigenvalue weighted by molar-refractivity contribution is 5.44. The van der Waals surface area contributed by atoms with Crippen molar-refractivity contribution in [3.8, 4) is 0 Å². The molecule has 4 heteroatoms. The van der Waals surface area contributed by atoms with Gasteiger partial charge in [0, 0.05) is 24.8 Å². The van der Waals surface area contributed by atoms with Gasteiger partial charge in [0.15, 0.2) is 0 Å². The first-order valence-electron chi connectivity index (χ1n) is 8.11. The van der Waals surface area contributed by atoms with E-state index in [4.69, 9.17) is 9.72 Å². The number of ether oxygens (including phenoxy) is 1. The predicted octanol–water partition coefficient (Wildman–Crippen LogP) is 2.76. The van der Waals surface area contributed by atoms with Gasteiger partial charge < -0.3 is 15.0 Å². The first-order valence-corrected chi connectivity index (χ1v) is 8.11. The molecule has 0 aromatic carbocycles. The molecule has 2 rings (SSSR count). The fraction of sp³-hybridized carbons (Fsp3) is 0.706. The van der Waals surface area contributed by atoms with Gasteiger partial charge in [-0.1, -0.05) is 20.8 Å². The van der Waals surface area contributed by atoms with Crippen LogP contribution in [-0.2, 0) is 17.7 Å². The van der Waals surface area contributed by atoms with Gasteiger partial charge in [0.05, 0.1) is 18.8 Å². The van der Waals surface area contributed by atoms with Crippen LogP contribution in [0.2, 0.25) is 0 Å². The molecule has 0 saturated carbocycles. The number of nitrogens with zero attached hydrogens (tertiary/aromatic N) is 2. The van der Waals surface area contributed by atoms with Gasteiger partial charge in [-0.3, -0.25) is 0 Å². The summed E-state index contributed by atoms with van der Waals surface area (Å²) in [7, 11) is 0. The molecular weight excluding hydrogens is 262 g/mol. The molecule has 0 radical (unpaired) electrons. The second-order valence-electron chi connectivity index (χ2n) is 6.36. The van der Waals surface area contributed by atoms with Gasteiger partial charge in [0.25, 0.3) is 0 Å². The fourth-order valence-electron chi connectivity index (χ4n) is 2.61. The Morgan fingerprint density at radius 3 is 2.81 bits per heavy atom. The first kappa shape index (κ1) is 16.2. The monoisotopic (exact) mass is 291 g/mol. The van der Waals surface area contributed by atoms with Crippen LogP contribution in [0.4, 0.5) is 5.82 Å². The highest BCUT2D eigenvalue weighted by Gasteiger charge is 2.25. The van der Waals surface area contributed by atoms with E-state index < -0.39 is 0 Å². The van der Waals surface area contributed by atoms with Crippen molar-refractivity contribution in [2.24, 2.45) is 0 Å². The van der Waals surface area contributed by atoms with Gasteiger partial charge in [-0.25, -0.2) is 4.98 Å². The van der Waals surface area contributed by atoms with Crippen LogP contribution >= 0.6 is 0 Å². The van der Waals surface area contributed by atoms with E-state index in [1.807, 2.05) is 0 Å². The number of hydrogen-bond acceptors (Lipinski definition) is 4. The normalized spacial score (nSPS) is 22.9. The summed E-state index contributed by atoms with van der Waals surface area (Å²) in [6.45, 7) is 13.4. The zero-order chi connectivity index (χ0) is 15.4. The number of aryl methyl sites for hydroxylation is 1. The van der Waals surface area contributed by atoms with Crippen molar-refractivity contribution in [2.75, 3.05) is 18.1 Å². The number of pyridine rings is 1. The molecule has 1 aliphatic rings. The third-order valence-corrected chi connectivity index (χ3v) is 3.90. The molecule has 0 bridgehead atoms. The fourth-order valence-corrected chi connectivity index (χ4v) is 2.61. The maximum atomic E-state index is 5.73. The van der Waals surface area contributed by atoms with Crippen LogP contribution in [0.3, 0.4) is 0 Å². The Bertz CT molecular complexity index is 461. The quantitative estimate of drug-likeness (QED) is 0.905. The number of morpholine rings is 1. The van der Waals surface area contributed by atoms with E-state index in [0.717, 1.165) is 31.9 Å². The van der Waals surface area contributed by atoms with Crippen molar-refractivity contribution in [1.29, 1.82) is 0 Å². The van der Waals surface area contributed by atoms with Crippen LogP contribution in [0.15, 0.2) is 12.1 Å². The van der Waals surface area contributed by atoms with E-state index in [9.17, 15) is 0 Å². The zero-order valence-corrected chi connectivity index (χ0v) is 14.0. The van der Waals surface area contributed by atoms with E-state index >= 15 is 0 Å². The molecule has 2 heterocycles. The Morgan fingerprint density at radius 1 is 1.38 bits per heavy atom. The van der Waals surface area contributed by atoms with Gasteiger partial charge in [0.1, 0.15) is 5.82 Å². The Kier molecular flexibility index (Phi) is 5.59. The van der Waals surface area contributed by atoms with Crippen LogP contribution in [0.1, 0.15) is 45.9 Å². The third-order valence-electron chi connectivity index (χ3n) is 3.90. The molecule has 1 N–H and O–H groups in total. The lowest BCUT2D eigenvalue weighted by Crippen LogP contribution is -2.47. The van der Waals surface area contributed by atoms with Gasteiger partial charge in [-0.15, -0.1) is 0 Å². The smallest absolute Gasteiger partial charge is 0.129 e. The standard InChI is InChI=1S/C17H29N3O/c1-6-16-7-15(9-18-12(2)3)8-17(19-16)20-10-14(5)21-11-13(20)4/h7-8,12-14,18H,6,9-11H2,1-5H3.